The van der Waals surface area contributed by atoms with Gasteiger partial charge in [0.2, 0.25) is 0 Å². The van der Waals surface area contributed by atoms with Crippen LogP contribution in [-0.2, 0) is 0 Å². The van der Waals surface area contributed by atoms with E-state index in [1.54, 1.807) is 24.3 Å². The maximum absolute atomic E-state index is 13.8. The summed E-state index contributed by atoms with van der Waals surface area (Å²) in [6.07, 6.45) is 0. The maximum atomic E-state index is 13.8. The first-order valence-electron chi connectivity index (χ1n) is 15.5. The summed E-state index contributed by atoms with van der Waals surface area (Å²) in [5.41, 5.74) is 5.41. The number of fused-ring (bicyclic) bond motifs is 4. The number of alkyl halides is 2. The Morgan fingerprint density at radius 3 is 2.17 bits per heavy atom. The fourth-order valence-corrected chi connectivity index (χ4v) is 6.69. The van der Waals surface area contributed by atoms with E-state index in [0.717, 1.165) is 34.0 Å². The van der Waals surface area contributed by atoms with E-state index in [-0.39, 0.29) is 11.6 Å². The first-order valence-corrected chi connectivity index (χ1v) is 15.5. The van der Waals surface area contributed by atoms with Crippen molar-refractivity contribution in [2.75, 3.05) is 36.0 Å². The lowest BCUT2D eigenvalue weighted by Crippen LogP contribution is -2.55. The van der Waals surface area contributed by atoms with Crippen molar-refractivity contribution >= 4 is 34.6 Å². The lowest BCUT2D eigenvalue weighted by molar-refractivity contribution is -0.0505. The van der Waals surface area contributed by atoms with Gasteiger partial charge in [-0.25, -0.2) is 19.1 Å². The van der Waals surface area contributed by atoms with Crippen LogP contribution in [0.25, 0.3) is 5.69 Å². The number of aryl methyl sites for hydroxylation is 1. The predicted molar refractivity (Wildman–Crippen MR) is 177 cm³/mol. The Morgan fingerprint density at radius 1 is 0.723 bits per heavy atom. The number of anilines is 2. The van der Waals surface area contributed by atoms with Crippen molar-refractivity contribution in [3.05, 3.63) is 126 Å². The van der Waals surface area contributed by atoms with Gasteiger partial charge in [-0.15, -0.1) is 0 Å². The molecule has 5 aromatic rings. The van der Waals surface area contributed by atoms with Crippen LogP contribution in [0.3, 0.4) is 0 Å². The highest BCUT2D eigenvalue weighted by atomic mass is 19.3. The van der Waals surface area contributed by atoms with E-state index in [9.17, 15) is 13.2 Å². The van der Waals surface area contributed by atoms with Crippen LogP contribution in [0.2, 0.25) is 0 Å². The molecule has 236 valence electrons. The van der Waals surface area contributed by atoms with E-state index >= 15 is 0 Å². The number of amidine groups is 2. The van der Waals surface area contributed by atoms with E-state index in [4.69, 9.17) is 19.8 Å². The van der Waals surface area contributed by atoms with Gasteiger partial charge in [0.15, 0.2) is 17.5 Å². The van der Waals surface area contributed by atoms with Gasteiger partial charge in [0, 0.05) is 43.0 Å². The standard InChI is InChI=1S/C36H30F3N7O/c1-23-31-32(27-11-5-8-14-30(27)47-36(38)39)45-29-13-7-6-12-28(29)40-34(35(45)41-33(31)46(42-23)26-9-3-2-4-10-26)44-21-19-43(20-22-44)25-17-15-24(37)16-18-25/h2-18,32,36H,19-22H2,1H3. The summed E-state index contributed by atoms with van der Waals surface area (Å²) in [7, 11) is 0. The molecule has 0 bridgehead atoms. The van der Waals surface area contributed by atoms with Crippen LogP contribution >= 0.6 is 0 Å². The first-order chi connectivity index (χ1) is 23.0. The zero-order valence-electron chi connectivity index (χ0n) is 25.5. The summed E-state index contributed by atoms with van der Waals surface area (Å²) < 4.78 is 48.1. The van der Waals surface area contributed by atoms with Crippen LogP contribution in [0.15, 0.2) is 113 Å². The highest BCUT2D eigenvalue weighted by Crippen LogP contribution is 2.50. The number of piperazine rings is 1. The molecule has 1 unspecified atom stereocenters. The Labute approximate surface area is 269 Å². The van der Waals surface area contributed by atoms with Gasteiger partial charge in [-0.3, -0.25) is 0 Å². The predicted octanol–water partition coefficient (Wildman–Crippen LogP) is 7.43. The summed E-state index contributed by atoms with van der Waals surface area (Å²) in [4.78, 5) is 17.0. The molecule has 1 aromatic heterocycles. The average Bonchev–Trinajstić information content (AvgIpc) is 3.43. The Bertz CT molecular complexity index is 2000. The van der Waals surface area contributed by atoms with Crippen LogP contribution in [-0.4, -0.2) is 59.1 Å². The molecule has 0 spiro atoms. The van der Waals surface area contributed by atoms with Crippen LogP contribution in [0.5, 0.6) is 5.75 Å². The number of ether oxygens (including phenoxy) is 1. The molecule has 0 amide bonds. The monoisotopic (exact) mass is 633 g/mol. The minimum absolute atomic E-state index is 0.0843. The second-order valence-electron chi connectivity index (χ2n) is 11.6. The van der Waals surface area contributed by atoms with Gasteiger partial charge in [-0.05, 0) is 61.5 Å². The number of benzene rings is 4. The molecule has 1 saturated heterocycles. The second-order valence-corrected chi connectivity index (χ2v) is 11.6. The van der Waals surface area contributed by atoms with Crippen molar-refractivity contribution < 1.29 is 17.9 Å². The fourth-order valence-electron chi connectivity index (χ4n) is 6.69. The fraction of sp³-hybridized carbons (Fsp3) is 0.194. The summed E-state index contributed by atoms with van der Waals surface area (Å²) in [5, 5.41) is 4.94. The average molecular weight is 634 g/mol. The minimum atomic E-state index is -3.00. The molecule has 4 aromatic carbocycles. The topological polar surface area (TPSA) is 61.5 Å². The summed E-state index contributed by atoms with van der Waals surface area (Å²) in [6.45, 7) is 1.60. The molecule has 3 aliphatic heterocycles. The molecule has 0 saturated carbocycles. The number of nitrogens with zero attached hydrogens (tertiary/aromatic N) is 7. The minimum Gasteiger partial charge on any atom is -0.434 e. The van der Waals surface area contributed by atoms with Crippen molar-refractivity contribution in [2.45, 2.75) is 19.6 Å². The SMILES string of the molecule is Cc1nn(-c2ccccc2)c2c1C(c1ccccc1OC(F)F)N1C(=N2)C(N2CCN(c3ccc(F)cc3)CC2)=Nc2ccccc21. The molecule has 47 heavy (non-hydrogen) atoms. The largest absolute Gasteiger partial charge is 0.434 e. The van der Waals surface area contributed by atoms with Gasteiger partial charge < -0.3 is 19.4 Å². The molecule has 8 rings (SSSR count). The molecule has 0 aliphatic carbocycles. The smallest absolute Gasteiger partial charge is 0.387 e. The lowest BCUT2D eigenvalue weighted by atomic mass is 9.92. The number of hydrogen-bond acceptors (Lipinski definition) is 7. The van der Waals surface area contributed by atoms with Gasteiger partial charge in [-0.1, -0.05) is 48.5 Å². The summed E-state index contributed by atoms with van der Waals surface area (Å²) in [5.74, 6) is 1.71. The number of rotatable bonds is 5. The highest BCUT2D eigenvalue weighted by Gasteiger charge is 2.44. The molecular formula is C36H30F3N7O. The van der Waals surface area contributed by atoms with Gasteiger partial charge >= 0.3 is 6.61 Å². The van der Waals surface area contributed by atoms with Crippen LogP contribution < -0.4 is 14.5 Å². The number of hydrogen-bond donors (Lipinski definition) is 0. The highest BCUT2D eigenvalue weighted by molar-refractivity contribution is 6.48. The second kappa shape index (κ2) is 11.7. The lowest BCUT2D eigenvalue weighted by Gasteiger charge is -2.44. The van der Waals surface area contributed by atoms with Gasteiger partial charge in [0.1, 0.15) is 11.6 Å². The Hall–Kier alpha value is -5.58. The van der Waals surface area contributed by atoms with Crippen molar-refractivity contribution in [1.82, 2.24) is 14.7 Å². The van der Waals surface area contributed by atoms with E-state index < -0.39 is 12.7 Å². The van der Waals surface area contributed by atoms with Crippen LogP contribution in [0, 0.1) is 12.7 Å². The number of para-hydroxylation sites is 4. The van der Waals surface area contributed by atoms with E-state index in [0.29, 0.717) is 49.2 Å². The normalized spacial score (nSPS) is 17.1. The van der Waals surface area contributed by atoms with Gasteiger partial charge in [-0.2, -0.15) is 13.9 Å². The Kier molecular flexibility index (Phi) is 7.16. The molecule has 0 radical (unpaired) electrons. The van der Waals surface area contributed by atoms with E-state index in [2.05, 4.69) is 14.7 Å². The van der Waals surface area contributed by atoms with E-state index in [1.807, 2.05) is 78.3 Å². The molecular weight excluding hydrogens is 603 g/mol. The van der Waals surface area contributed by atoms with Crippen molar-refractivity contribution in [3.8, 4) is 11.4 Å². The third-order valence-corrected chi connectivity index (χ3v) is 8.82. The first kappa shape index (κ1) is 28.9. The Balaban J connectivity index is 1.29. The third kappa shape index (κ3) is 5.08. The quantitative estimate of drug-likeness (QED) is 0.202. The van der Waals surface area contributed by atoms with Gasteiger partial charge in [0.05, 0.1) is 28.8 Å². The molecule has 0 N–H and O–H groups in total. The molecule has 1 atom stereocenters. The Morgan fingerprint density at radius 2 is 1.40 bits per heavy atom. The zero-order chi connectivity index (χ0) is 32.1. The molecule has 1 fully saturated rings. The number of halogens is 3. The van der Waals surface area contributed by atoms with Crippen molar-refractivity contribution in [2.24, 2.45) is 9.98 Å². The summed E-state index contributed by atoms with van der Waals surface area (Å²) >= 11 is 0. The van der Waals surface area contributed by atoms with Gasteiger partial charge in [0.25, 0.3) is 0 Å². The molecule has 11 heteroatoms. The van der Waals surface area contributed by atoms with E-state index in [1.165, 1.54) is 12.1 Å². The number of aromatic nitrogens is 2. The maximum Gasteiger partial charge on any atom is 0.387 e. The van der Waals surface area contributed by atoms with Crippen LogP contribution in [0.4, 0.5) is 36.1 Å². The zero-order valence-corrected chi connectivity index (χ0v) is 25.5. The molecule has 3 aliphatic rings. The molecule has 4 heterocycles. The third-order valence-electron chi connectivity index (χ3n) is 8.82. The summed E-state index contributed by atoms with van der Waals surface area (Å²) in [6, 6.07) is 30.4. The molecule has 8 nitrogen and oxygen atoms in total. The van der Waals surface area contributed by atoms with Crippen molar-refractivity contribution in [1.29, 1.82) is 0 Å². The van der Waals surface area contributed by atoms with Crippen LogP contribution in [0.1, 0.15) is 22.9 Å². The van der Waals surface area contributed by atoms with Crippen molar-refractivity contribution in [3.63, 3.8) is 0 Å². The number of aliphatic imine (C=N–C) groups is 2.